The lowest BCUT2D eigenvalue weighted by molar-refractivity contribution is 0.418. The maximum Gasteiger partial charge on any atom is 0.185 e. The molecule has 0 radical (unpaired) electrons. The van der Waals surface area contributed by atoms with Gasteiger partial charge >= 0.3 is 0 Å². The first-order valence-corrected chi connectivity index (χ1v) is 6.27. The smallest absolute Gasteiger partial charge is 0.185 e. The molecule has 0 aliphatic carbocycles. The Morgan fingerprint density at radius 2 is 2.06 bits per heavy atom. The average molecular weight is 249 g/mol. The van der Waals surface area contributed by atoms with E-state index in [4.69, 9.17) is 17.0 Å². The number of methoxy groups -OCH3 is 1. The predicted molar refractivity (Wildman–Crippen MR) is 76.9 cm³/mol. The number of rotatable bonds is 6. The molecule has 0 spiro atoms. The second-order valence-corrected chi connectivity index (χ2v) is 4.13. The highest BCUT2D eigenvalue weighted by atomic mass is 32.1. The Bertz CT molecular complexity index is 373. The van der Waals surface area contributed by atoms with Crippen molar-refractivity contribution in [2.24, 2.45) is 0 Å². The third-order valence-electron chi connectivity index (χ3n) is 2.39. The normalized spacial score (nSPS) is 11.1. The van der Waals surface area contributed by atoms with Crippen LogP contribution in [0.1, 0.15) is 25.3 Å². The Morgan fingerprint density at radius 1 is 1.35 bits per heavy atom. The summed E-state index contributed by atoms with van der Waals surface area (Å²) in [7, 11) is 1.59. The molecule has 0 saturated carbocycles. The van der Waals surface area contributed by atoms with Gasteiger partial charge in [-0.05, 0) is 24.2 Å². The number of hydrogen-bond acceptors (Lipinski definition) is 3. The van der Waals surface area contributed by atoms with Crippen molar-refractivity contribution in [3.63, 3.8) is 0 Å². The van der Waals surface area contributed by atoms with Gasteiger partial charge in [-0.3, -0.25) is 0 Å². The van der Waals surface area contributed by atoms with Crippen LogP contribution in [0, 0.1) is 0 Å². The lowest BCUT2D eigenvalue weighted by Gasteiger charge is -2.11. The van der Waals surface area contributed by atoms with E-state index in [-0.39, 0.29) is 0 Å². The molecule has 0 aliphatic heterocycles. The van der Waals surface area contributed by atoms with Crippen molar-refractivity contribution in [2.75, 3.05) is 13.7 Å². The van der Waals surface area contributed by atoms with Crippen molar-refractivity contribution in [3.8, 4) is 0 Å². The lowest BCUT2D eigenvalue weighted by atomic mass is 10.1. The Morgan fingerprint density at radius 3 is 2.65 bits per heavy atom. The highest BCUT2D eigenvalue weighted by Gasteiger charge is 2.01. The summed E-state index contributed by atoms with van der Waals surface area (Å²) < 4.78 is 5.02. The van der Waals surface area contributed by atoms with Crippen molar-refractivity contribution < 1.29 is 4.74 Å². The number of ether oxygens (including phenoxy) is 1. The molecule has 1 rings (SSSR count). The van der Waals surface area contributed by atoms with Crippen molar-refractivity contribution in [1.29, 1.82) is 0 Å². The topological polar surface area (TPSA) is 21.3 Å². The first-order chi connectivity index (χ1) is 8.27. The second kappa shape index (κ2) is 7.85. The molecule has 0 amide bonds. The fourth-order valence-corrected chi connectivity index (χ4v) is 1.55. The van der Waals surface area contributed by atoms with Gasteiger partial charge in [0, 0.05) is 18.3 Å². The van der Waals surface area contributed by atoms with E-state index >= 15 is 0 Å². The Hall–Kier alpha value is -1.35. The molecular weight excluding hydrogens is 230 g/mol. The van der Waals surface area contributed by atoms with E-state index in [0.717, 1.165) is 24.2 Å². The second-order valence-electron chi connectivity index (χ2n) is 3.73. The van der Waals surface area contributed by atoms with Crippen molar-refractivity contribution >= 4 is 23.0 Å². The zero-order valence-corrected chi connectivity index (χ0v) is 11.2. The zero-order chi connectivity index (χ0) is 12.5. The van der Waals surface area contributed by atoms with E-state index in [1.807, 2.05) is 24.3 Å². The molecule has 1 N–H and O–H groups in total. The van der Waals surface area contributed by atoms with Gasteiger partial charge in [-0.1, -0.05) is 43.7 Å². The van der Waals surface area contributed by atoms with E-state index in [1.165, 1.54) is 6.42 Å². The fraction of sp³-hybridized carbons (Fsp3) is 0.357. The summed E-state index contributed by atoms with van der Waals surface area (Å²) in [6, 6.07) is 10.1. The highest BCUT2D eigenvalue weighted by Crippen LogP contribution is 2.11. The average Bonchev–Trinajstić information content (AvgIpc) is 2.38. The van der Waals surface area contributed by atoms with E-state index in [0.29, 0.717) is 5.05 Å². The van der Waals surface area contributed by atoms with Crippen LogP contribution in [0.5, 0.6) is 0 Å². The van der Waals surface area contributed by atoms with Crippen molar-refractivity contribution in [3.05, 3.63) is 42.0 Å². The Balaban J connectivity index is 2.79. The fourth-order valence-electron chi connectivity index (χ4n) is 1.43. The largest absolute Gasteiger partial charge is 0.487 e. The molecule has 0 aliphatic rings. The minimum Gasteiger partial charge on any atom is -0.487 e. The summed E-state index contributed by atoms with van der Waals surface area (Å²) in [5.41, 5.74) is 2.15. The minimum atomic E-state index is 0.493. The molecule has 0 unspecified atom stereocenters. The molecule has 0 saturated heterocycles. The van der Waals surface area contributed by atoms with Crippen LogP contribution in [0.25, 0.3) is 5.70 Å². The first-order valence-electron chi connectivity index (χ1n) is 5.87. The standard InChI is InChI=1S/C14H19NOS/c1-3-4-10-15-13(11-14(17)16-2)12-8-6-5-7-9-12/h5-9,11,15H,3-4,10H2,1-2H3/b13-11-. The van der Waals surface area contributed by atoms with Crippen LogP contribution >= 0.6 is 12.2 Å². The van der Waals surface area contributed by atoms with Crippen LogP contribution in [0.4, 0.5) is 0 Å². The van der Waals surface area contributed by atoms with Crippen LogP contribution in [-0.4, -0.2) is 18.7 Å². The number of unbranched alkanes of at least 4 members (excludes halogenated alkanes) is 1. The summed E-state index contributed by atoms with van der Waals surface area (Å²) in [4.78, 5) is 0. The van der Waals surface area contributed by atoms with E-state index in [9.17, 15) is 0 Å². The maximum atomic E-state index is 5.07. The van der Waals surface area contributed by atoms with Gasteiger partial charge in [0.1, 0.15) is 0 Å². The van der Waals surface area contributed by atoms with Gasteiger partial charge in [0.2, 0.25) is 0 Å². The quantitative estimate of drug-likeness (QED) is 0.474. The monoisotopic (exact) mass is 249 g/mol. The molecule has 0 heterocycles. The highest BCUT2D eigenvalue weighted by molar-refractivity contribution is 7.80. The summed E-state index contributed by atoms with van der Waals surface area (Å²) in [6.07, 6.45) is 4.17. The molecule has 2 nitrogen and oxygen atoms in total. The third-order valence-corrected chi connectivity index (χ3v) is 2.68. The molecule has 0 atom stereocenters. The molecular formula is C14H19NOS. The SMILES string of the molecule is CCCCN/C(=C\C(=S)OC)c1ccccc1. The number of thiocarbonyl (C=S) groups is 1. The number of benzene rings is 1. The van der Waals surface area contributed by atoms with Gasteiger partial charge in [-0.25, -0.2) is 0 Å². The molecule has 1 aromatic rings. The number of hydrogen-bond donors (Lipinski definition) is 1. The first kappa shape index (κ1) is 13.7. The minimum absolute atomic E-state index is 0.493. The summed E-state index contributed by atoms with van der Waals surface area (Å²) in [6.45, 7) is 3.12. The van der Waals surface area contributed by atoms with Gasteiger partial charge in [0.05, 0.1) is 7.11 Å². The lowest BCUT2D eigenvalue weighted by Crippen LogP contribution is -2.15. The van der Waals surface area contributed by atoms with Crippen LogP contribution in [0.3, 0.4) is 0 Å². The Labute approximate surface area is 109 Å². The van der Waals surface area contributed by atoms with E-state index < -0.39 is 0 Å². The molecule has 0 fully saturated rings. The predicted octanol–water partition coefficient (Wildman–Crippen LogP) is 3.39. The Kier molecular flexibility index (Phi) is 6.33. The van der Waals surface area contributed by atoms with Gasteiger partial charge in [0.15, 0.2) is 5.05 Å². The molecule has 0 bridgehead atoms. The van der Waals surface area contributed by atoms with Gasteiger partial charge in [-0.15, -0.1) is 0 Å². The third kappa shape index (κ3) is 5.00. The maximum absolute atomic E-state index is 5.07. The van der Waals surface area contributed by atoms with Gasteiger partial charge in [0.25, 0.3) is 0 Å². The van der Waals surface area contributed by atoms with Crippen molar-refractivity contribution in [1.82, 2.24) is 5.32 Å². The van der Waals surface area contributed by atoms with Crippen LogP contribution in [-0.2, 0) is 4.74 Å². The van der Waals surface area contributed by atoms with E-state index in [1.54, 1.807) is 7.11 Å². The molecule has 1 aromatic carbocycles. The zero-order valence-electron chi connectivity index (χ0n) is 10.4. The van der Waals surface area contributed by atoms with Crippen LogP contribution < -0.4 is 5.32 Å². The molecule has 92 valence electrons. The van der Waals surface area contributed by atoms with E-state index in [2.05, 4.69) is 24.4 Å². The summed E-state index contributed by atoms with van der Waals surface area (Å²) >= 11 is 5.07. The molecule has 0 aromatic heterocycles. The molecule has 3 heteroatoms. The summed E-state index contributed by atoms with van der Waals surface area (Å²) in [5, 5.41) is 3.89. The number of nitrogens with one attached hydrogen (secondary N) is 1. The van der Waals surface area contributed by atoms with Crippen molar-refractivity contribution in [2.45, 2.75) is 19.8 Å². The van der Waals surface area contributed by atoms with Crippen LogP contribution in [0.2, 0.25) is 0 Å². The summed E-state index contributed by atoms with van der Waals surface area (Å²) in [5.74, 6) is 0. The van der Waals surface area contributed by atoms with Crippen LogP contribution in [0.15, 0.2) is 36.4 Å². The molecule has 17 heavy (non-hydrogen) atoms. The van der Waals surface area contributed by atoms with Gasteiger partial charge in [-0.2, -0.15) is 0 Å². The van der Waals surface area contributed by atoms with Gasteiger partial charge < -0.3 is 10.1 Å².